The number of rotatable bonds is 11. The number of nitrogens with one attached hydrogen (secondary N) is 2. The van der Waals surface area contributed by atoms with Crippen LogP contribution in [0.4, 0.5) is 5.69 Å². The molecule has 0 unspecified atom stereocenters. The van der Waals surface area contributed by atoms with E-state index < -0.39 is 17.8 Å². The van der Waals surface area contributed by atoms with E-state index >= 15 is 0 Å². The molecule has 0 atom stereocenters. The second kappa shape index (κ2) is 14.2. The first-order valence-corrected chi connectivity index (χ1v) is 12.3. The molecule has 0 aliphatic rings. The summed E-state index contributed by atoms with van der Waals surface area (Å²) in [6.07, 6.45) is 4.21. The van der Waals surface area contributed by atoms with Crippen LogP contribution in [0.5, 0.6) is 17.2 Å². The maximum Gasteiger partial charge on any atom is 0.343 e. The number of hydrogen-bond donors (Lipinski definition) is 2. The number of carbonyl (C=O) groups excluding carboxylic acids is 3. The van der Waals surface area contributed by atoms with Crippen LogP contribution in [0, 0.1) is 0 Å². The van der Waals surface area contributed by atoms with Crippen LogP contribution < -0.4 is 25.0 Å². The van der Waals surface area contributed by atoms with Crippen LogP contribution in [0.2, 0.25) is 0 Å². The van der Waals surface area contributed by atoms with Gasteiger partial charge in [-0.05, 0) is 78.6 Å². The molecule has 0 saturated carbocycles. The Labute approximate surface area is 221 Å². The molecule has 0 aromatic heterocycles. The van der Waals surface area contributed by atoms with Crippen molar-refractivity contribution in [1.82, 2.24) is 5.43 Å². The molecule has 198 valence electrons. The summed E-state index contributed by atoms with van der Waals surface area (Å²) >= 11 is 0. The van der Waals surface area contributed by atoms with Gasteiger partial charge in [0.25, 0.3) is 0 Å². The van der Waals surface area contributed by atoms with Crippen LogP contribution in [-0.2, 0) is 16.0 Å². The van der Waals surface area contributed by atoms with Gasteiger partial charge in [0.05, 0.1) is 25.5 Å². The predicted octanol–water partition coefficient (Wildman–Crippen LogP) is 4.74. The Bertz CT molecular complexity index is 1270. The van der Waals surface area contributed by atoms with E-state index in [1.807, 2.05) is 19.1 Å². The largest absolute Gasteiger partial charge is 0.494 e. The van der Waals surface area contributed by atoms with Crippen molar-refractivity contribution in [2.24, 2.45) is 5.10 Å². The lowest BCUT2D eigenvalue weighted by Crippen LogP contribution is -2.32. The van der Waals surface area contributed by atoms with Gasteiger partial charge in [-0.15, -0.1) is 0 Å². The first-order valence-electron chi connectivity index (χ1n) is 12.3. The van der Waals surface area contributed by atoms with E-state index in [0.29, 0.717) is 34.9 Å². The number of amides is 2. The molecule has 9 heteroatoms. The molecule has 3 rings (SSSR count). The zero-order chi connectivity index (χ0) is 27.3. The first-order chi connectivity index (χ1) is 18.4. The van der Waals surface area contributed by atoms with Crippen molar-refractivity contribution in [2.45, 2.75) is 33.1 Å². The molecule has 3 aromatic carbocycles. The molecular weight excluding hydrogens is 486 g/mol. The van der Waals surface area contributed by atoms with E-state index in [4.69, 9.17) is 14.2 Å². The number of anilines is 1. The smallest absolute Gasteiger partial charge is 0.343 e. The first kappa shape index (κ1) is 27.9. The fourth-order valence-electron chi connectivity index (χ4n) is 3.26. The minimum Gasteiger partial charge on any atom is -0.494 e. The molecule has 0 bridgehead atoms. The summed E-state index contributed by atoms with van der Waals surface area (Å²) < 4.78 is 16.4. The number of carbonyl (C=O) groups is 3. The number of ether oxygens (including phenoxy) is 3. The lowest BCUT2D eigenvalue weighted by molar-refractivity contribution is -0.136. The lowest BCUT2D eigenvalue weighted by atomic mass is 10.1. The van der Waals surface area contributed by atoms with Gasteiger partial charge >= 0.3 is 17.8 Å². The molecule has 2 N–H and O–H groups in total. The Balaban J connectivity index is 1.55. The fourth-order valence-corrected chi connectivity index (χ4v) is 3.26. The van der Waals surface area contributed by atoms with E-state index in [9.17, 15) is 14.4 Å². The Morgan fingerprint density at radius 3 is 2.29 bits per heavy atom. The van der Waals surface area contributed by atoms with Gasteiger partial charge in [-0.2, -0.15) is 5.10 Å². The second-order valence-corrected chi connectivity index (χ2v) is 8.23. The molecule has 2 amide bonds. The van der Waals surface area contributed by atoms with Gasteiger partial charge in [0.15, 0.2) is 11.5 Å². The highest BCUT2D eigenvalue weighted by Gasteiger charge is 2.14. The zero-order valence-electron chi connectivity index (χ0n) is 21.7. The van der Waals surface area contributed by atoms with Gasteiger partial charge in [-0.25, -0.2) is 10.2 Å². The summed E-state index contributed by atoms with van der Waals surface area (Å²) in [5, 5.41) is 6.33. The number of hydrogen-bond acceptors (Lipinski definition) is 7. The molecule has 0 radical (unpaired) electrons. The minimum absolute atomic E-state index is 0.218. The molecule has 0 aliphatic carbocycles. The number of benzene rings is 3. The number of esters is 1. The Hall–Kier alpha value is -4.66. The summed E-state index contributed by atoms with van der Waals surface area (Å²) in [6, 6.07) is 18.7. The van der Waals surface area contributed by atoms with Gasteiger partial charge in [-0.3, -0.25) is 9.59 Å². The van der Waals surface area contributed by atoms with E-state index in [1.165, 1.54) is 13.3 Å². The summed E-state index contributed by atoms with van der Waals surface area (Å²) in [5.74, 6) is -1.11. The van der Waals surface area contributed by atoms with E-state index in [2.05, 4.69) is 22.8 Å². The molecule has 3 aromatic rings. The maximum absolute atomic E-state index is 12.6. The van der Waals surface area contributed by atoms with Gasteiger partial charge in [-0.1, -0.05) is 32.4 Å². The Morgan fingerprint density at radius 2 is 1.63 bits per heavy atom. The summed E-state index contributed by atoms with van der Waals surface area (Å²) in [5.41, 5.74) is 4.73. The van der Waals surface area contributed by atoms with Crippen LogP contribution in [0.25, 0.3) is 0 Å². The monoisotopic (exact) mass is 517 g/mol. The molecule has 0 fully saturated rings. The molecule has 0 spiro atoms. The van der Waals surface area contributed by atoms with Crippen molar-refractivity contribution in [2.75, 3.05) is 19.0 Å². The predicted molar refractivity (Wildman–Crippen MR) is 145 cm³/mol. The van der Waals surface area contributed by atoms with Crippen molar-refractivity contribution in [3.63, 3.8) is 0 Å². The van der Waals surface area contributed by atoms with Gasteiger partial charge in [0.2, 0.25) is 0 Å². The number of nitrogens with zero attached hydrogens (tertiary/aromatic N) is 1. The van der Waals surface area contributed by atoms with Gasteiger partial charge < -0.3 is 19.5 Å². The highest BCUT2D eigenvalue weighted by molar-refractivity contribution is 6.39. The quantitative estimate of drug-likeness (QED) is 0.0948. The highest BCUT2D eigenvalue weighted by atomic mass is 16.6. The average molecular weight is 518 g/mol. The number of methoxy groups -OCH3 is 1. The molecule has 38 heavy (non-hydrogen) atoms. The van der Waals surface area contributed by atoms with Gasteiger partial charge in [0.1, 0.15) is 5.75 Å². The topological polar surface area (TPSA) is 115 Å². The summed E-state index contributed by atoms with van der Waals surface area (Å²) in [6.45, 7) is 4.74. The van der Waals surface area contributed by atoms with Crippen LogP contribution in [0.3, 0.4) is 0 Å². The van der Waals surface area contributed by atoms with Crippen molar-refractivity contribution in [3.8, 4) is 17.2 Å². The maximum atomic E-state index is 12.6. The molecule has 0 saturated heterocycles. The van der Waals surface area contributed by atoms with E-state index in [-0.39, 0.29) is 5.75 Å². The number of aryl methyl sites for hydroxylation is 1. The normalized spacial score (nSPS) is 10.6. The Kier molecular flexibility index (Phi) is 10.4. The highest BCUT2D eigenvalue weighted by Crippen LogP contribution is 2.28. The standard InChI is InChI=1S/C29H31N3O6/c1-4-6-17-37-24-14-10-22(11-15-24)29(35)38-25-16-9-21(18-26(25)36-3)19-30-32-28(34)27(33)31-23-12-7-20(5-2)8-13-23/h7-16,18-19H,4-6,17H2,1-3H3,(H,31,33)(H,32,34)/b30-19-. The molecule has 0 heterocycles. The second-order valence-electron chi connectivity index (χ2n) is 8.23. The van der Waals surface area contributed by atoms with Gasteiger partial charge in [0, 0.05) is 5.69 Å². The summed E-state index contributed by atoms with van der Waals surface area (Å²) in [7, 11) is 1.44. The Morgan fingerprint density at radius 1 is 0.895 bits per heavy atom. The molecule has 9 nitrogen and oxygen atoms in total. The van der Waals surface area contributed by atoms with Crippen LogP contribution in [0.1, 0.15) is 48.2 Å². The van der Waals surface area contributed by atoms with E-state index in [0.717, 1.165) is 24.8 Å². The zero-order valence-corrected chi connectivity index (χ0v) is 21.7. The third-order valence-corrected chi connectivity index (χ3v) is 5.45. The molecule has 0 aliphatic heterocycles. The van der Waals surface area contributed by atoms with Crippen LogP contribution in [0.15, 0.2) is 71.8 Å². The summed E-state index contributed by atoms with van der Waals surface area (Å²) in [4.78, 5) is 36.7. The van der Waals surface area contributed by atoms with Crippen LogP contribution >= 0.6 is 0 Å². The van der Waals surface area contributed by atoms with Crippen molar-refractivity contribution in [1.29, 1.82) is 0 Å². The third kappa shape index (κ3) is 8.19. The molecular formula is C29H31N3O6. The number of hydrazone groups is 1. The fraction of sp³-hybridized carbons (Fsp3) is 0.241. The van der Waals surface area contributed by atoms with E-state index in [1.54, 1.807) is 54.6 Å². The van der Waals surface area contributed by atoms with Crippen molar-refractivity contribution < 1.29 is 28.6 Å². The third-order valence-electron chi connectivity index (χ3n) is 5.45. The van der Waals surface area contributed by atoms with Crippen LogP contribution in [-0.4, -0.2) is 37.7 Å². The average Bonchev–Trinajstić information content (AvgIpc) is 2.94. The van der Waals surface area contributed by atoms with Crippen molar-refractivity contribution in [3.05, 3.63) is 83.4 Å². The minimum atomic E-state index is -0.917. The lowest BCUT2D eigenvalue weighted by Gasteiger charge is -2.10. The SMILES string of the molecule is CCCCOc1ccc(C(=O)Oc2ccc(/C=N\NC(=O)C(=O)Nc3ccc(CC)cc3)cc2OC)cc1. The number of unbranched alkanes of at least 4 members (excludes halogenated alkanes) is 1. The van der Waals surface area contributed by atoms with Crippen molar-refractivity contribution >= 4 is 29.7 Å².